The van der Waals surface area contributed by atoms with E-state index in [2.05, 4.69) is 12.1 Å². The fourth-order valence-electron chi connectivity index (χ4n) is 5.41. The van der Waals surface area contributed by atoms with Crippen molar-refractivity contribution in [1.82, 2.24) is 4.90 Å². The molecule has 0 spiro atoms. The molecule has 0 bridgehead atoms. The highest BCUT2D eigenvalue weighted by atomic mass is 32.2. The molecule has 5 rings (SSSR count). The summed E-state index contributed by atoms with van der Waals surface area (Å²) in [6, 6.07) is 26.1. The number of nitrogens with zero attached hydrogens (tertiary/aromatic N) is 3. The second-order valence-electron chi connectivity index (χ2n) is 8.68. The lowest BCUT2D eigenvalue weighted by Gasteiger charge is -2.34. The van der Waals surface area contributed by atoms with Crippen LogP contribution in [-0.4, -0.2) is 30.1 Å². The van der Waals surface area contributed by atoms with Crippen molar-refractivity contribution in [3.05, 3.63) is 101 Å². The molecule has 35 heavy (non-hydrogen) atoms. The van der Waals surface area contributed by atoms with E-state index < -0.39 is 23.4 Å². The summed E-state index contributed by atoms with van der Waals surface area (Å²) in [5, 5.41) is 21.2. The van der Waals surface area contributed by atoms with Gasteiger partial charge in [0.2, 0.25) is 0 Å². The molecule has 2 aliphatic heterocycles. The van der Waals surface area contributed by atoms with Gasteiger partial charge in [-0.25, -0.2) is 0 Å². The number of nitriles is 2. The van der Waals surface area contributed by atoms with Gasteiger partial charge >= 0.3 is 0 Å². The minimum atomic E-state index is -1.48. The summed E-state index contributed by atoms with van der Waals surface area (Å²) in [7, 11) is 1.60. The quantitative estimate of drug-likeness (QED) is 0.340. The highest BCUT2D eigenvalue weighted by Crippen LogP contribution is 2.60. The number of benzene rings is 3. The molecular formula is C29H23N3O2S. The van der Waals surface area contributed by atoms with Crippen molar-refractivity contribution in [1.29, 1.82) is 10.5 Å². The molecule has 3 atom stereocenters. The zero-order valence-corrected chi connectivity index (χ0v) is 20.2. The Morgan fingerprint density at radius 1 is 1.03 bits per heavy atom. The molecule has 3 aromatic rings. The summed E-state index contributed by atoms with van der Waals surface area (Å²) >= 11 is 1.62. The number of carbonyl (C=O) groups is 1. The van der Waals surface area contributed by atoms with Crippen molar-refractivity contribution >= 4 is 23.6 Å². The van der Waals surface area contributed by atoms with Crippen LogP contribution in [0.3, 0.4) is 0 Å². The Morgan fingerprint density at radius 2 is 1.74 bits per heavy atom. The van der Waals surface area contributed by atoms with Crippen LogP contribution in [0.25, 0.3) is 6.08 Å². The van der Waals surface area contributed by atoms with E-state index in [4.69, 9.17) is 4.74 Å². The van der Waals surface area contributed by atoms with E-state index in [1.807, 2.05) is 84.1 Å². The largest absolute Gasteiger partial charge is 0.497 e. The van der Waals surface area contributed by atoms with Crippen LogP contribution in [0.2, 0.25) is 0 Å². The van der Waals surface area contributed by atoms with E-state index in [1.54, 1.807) is 31.0 Å². The van der Waals surface area contributed by atoms with Crippen molar-refractivity contribution in [2.75, 3.05) is 13.4 Å². The monoisotopic (exact) mass is 477 g/mol. The lowest BCUT2D eigenvalue weighted by molar-refractivity contribution is 0.0874. The molecule has 2 heterocycles. The van der Waals surface area contributed by atoms with E-state index in [9.17, 15) is 15.3 Å². The number of thioether (sulfide) groups is 1. The highest BCUT2D eigenvalue weighted by molar-refractivity contribution is 7.98. The maximum Gasteiger partial charge on any atom is 0.185 e. The van der Waals surface area contributed by atoms with Crippen LogP contribution in [-0.2, 0) is 0 Å². The van der Waals surface area contributed by atoms with Gasteiger partial charge in [-0.05, 0) is 53.3 Å². The third-order valence-corrected chi connectivity index (χ3v) is 7.79. The summed E-state index contributed by atoms with van der Waals surface area (Å²) in [6.45, 7) is 0. The van der Waals surface area contributed by atoms with Gasteiger partial charge in [0.15, 0.2) is 11.2 Å². The summed E-state index contributed by atoms with van der Waals surface area (Å²) in [6.07, 6.45) is 5.79. The van der Waals surface area contributed by atoms with Crippen LogP contribution >= 0.6 is 11.8 Å². The van der Waals surface area contributed by atoms with Crippen LogP contribution in [0.5, 0.6) is 5.75 Å². The molecule has 3 aromatic carbocycles. The van der Waals surface area contributed by atoms with E-state index in [-0.39, 0.29) is 5.78 Å². The number of ether oxygens (including phenoxy) is 1. The molecule has 6 heteroatoms. The van der Waals surface area contributed by atoms with Crippen LogP contribution in [0.4, 0.5) is 0 Å². The number of methoxy groups -OCH3 is 1. The SMILES string of the molecule is COc1ccc2c(c1)C=CN1[C@H](C(=O)c3ccccc3)[C@@H](c3ccc(SC)cc3)C(C#N)(C#N)[C@@H]21. The first-order chi connectivity index (χ1) is 17.1. The first-order valence-electron chi connectivity index (χ1n) is 11.3. The summed E-state index contributed by atoms with van der Waals surface area (Å²) in [5.41, 5.74) is 1.60. The number of hydrogen-bond acceptors (Lipinski definition) is 6. The molecule has 172 valence electrons. The number of ketones is 1. The fourth-order valence-corrected chi connectivity index (χ4v) is 5.82. The van der Waals surface area contributed by atoms with E-state index in [0.29, 0.717) is 11.3 Å². The summed E-state index contributed by atoms with van der Waals surface area (Å²) in [5.74, 6) is -0.0622. The van der Waals surface area contributed by atoms with Crippen LogP contribution in [0.15, 0.2) is 83.9 Å². The first kappa shape index (κ1) is 22.8. The van der Waals surface area contributed by atoms with Crippen molar-refractivity contribution in [3.8, 4) is 17.9 Å². The van der Waals surface area contributed by atoms with Crippen LogP contribution in [0.1, 0.15) is 39.0 Å². The fraction of sp³-hybridized carbons (Fsp3) is 0.207. The Kier molecular flexibility index (Phi) is 5.84. The average Bonchev–Trinajstić information content (AvgIpc) is 3.23. The van der Waals surface area contributed by atoms with Gasteiger partial charge in [-0.15, -0.1) is 11.8 Å². The average molecular weight is 478 g/mol. The van der Waals surface area contributed by atoms with Gasteiger partial charge in [-0.1, -0.05) is 48.5 Å². The minimum Gasteiger partial charge on any atom is -0.497 e. The van der Waals surface area contributed by atoms with Crippen molar-refractivity contribution in [3.63, 3.8) is 0 Å². The summed E-state index contributed by atoms with van der Waals surface area (Å²) < 4.78 is 5.39. The van der Waals surface area contributed by atoms with Gasteiger partial charge in [0.25, 0.3) is 0 Å². The zero-order valence-electron chi connectivity index (χ0n) is 19.4. The molecule has 0 unspecified atom stereocenters. The van der Waals surface area contributed by atoms with E-state index in [1.165, 1.54) is 0 Å². The van der Waals surface area contributed by atoms with Crippen molar-refractivity contribution in [2.24, 2.45) is 5.41 Å². The molecule has 0 aliphatic carbocycles. The Bertz CT molecular complexity index is 1370. The standard InChI is InChI=1S/C29H23N3O2S/c1-34-22-10-13-24-21(16-22)14-15-32-26(27(33)20-6-4-3-5-7-20)25(29(17-30,18-31)28(24)32)19-8-11-23(35-2)12-9-19/h3-16,25-26,28H,1-2H3/t25-,26+,28-/m1/s1. The number of fused-ring (bicyclic) bond motifs is 3. The molecule has 0 amide bonds. The Hall–Kier alpha value is -4.00. The highest BCUT2D eigenvalue weighted by Gasteiger charge is 2.63. The lowest BCUT2D eigenvalue weighted by atomic mass is 9.67. The zero-order chi connectivity index (χ0) is 24.6. The van der Waals surface area contributed by atoms with Crippen molar-refractivity contribution in [2.45, 2.75) is 22.9 Å². The Labute approximate surface area is 209 Å². The molecular weight excluding hydrogens is 454 g/mol. The normalized spacial score (nSPS) is 21.4. The minimum absolute atomic E-state index is 0.108. The van der Waals surface area contributed by atoms with Gasteiger partial charge in [-0.3, -0.25) is 4.79 Å². The summed E-state index contributed by atoms with van der Waals surface area (Å²) in [4.78, 5) is 17.0. The smallest absolute Gasteiger partial charge is 0.185 e. The molecule has 5 nitrogen and oxygen atoms in total. The Morgan fingerprint density at radius 3 is 2.37 bits per heavy atom. The molecule has 0 aromatic heterocycles. The van der Waals surface area contributed by atoms with Gasteiger partial charge in [0.05, 0.1) is 25.3 Å². The number of rotatable bonds is 5. The number of Topliss-reactive ketones (excluding diaryl/α,β-unsaturated/α-hetero) is 1. The molecule has 1 saturated heterocycles. The van der Waals surface area contributed by atoms with Crippen LogP contribution in [0, 0.1) is 28.1 Å². The number of carbonyl (C=O) groups excluding carboxylic acids is 1. The predicted molar refractivity (Wildman–Crippen MR) is 136 cm³/mol. The number of hydrogen-bond donors (Lipinski definition) is 0. The van der Waals surface area contributed by atoms with Gasteiger partial charge in [-0.2, -0.15) is 10.5 Å². The van der Waals surface area contributed by atoms with Crippen molar-refractivity contribution < 1.29 is 9.53 Å². The molecule has 0 saturated carbocycles. The predicted octanol–water partition coefficient (Wildman–Crippen LogP) is 5.83. The maximum atomic E-state index is 14.0. The third kappa shape index (κ3) is 3.50. The second-order valence-corrected chi connectivity index (χ2v) is 9.56. The molecule has 0 N–H and O–H groups in total. The second kappa shape index (κ2) is 8.98. The third-order valence-electron chi connectivity index (χ3n) is 7.04. The topological polar surface area (TPSA) is 77.1 Å². The first-order valence-corrected chi connectivity index (χ1v) is 12.5. The lowest BCUT2D eigenvalue weighted by Crippen LogP contribution is -2.37. The van der Waals surface area contributed by atoms with Gasteiger partial charge in [0, 0.05) is 22.6 Å². The van der Waals surface area contributed by atoms with Gasteiger partial charge < -0.3 is 9.64 Å². The molecule has 1 fully saturated rings. The van der Waals surface area contributed by atoms with Crippen LogP contribution < -0.4 is 4.74 Å². The van der Waals surface area contributed by atoms with Gasteiger partial charge in [0.1, 0.15) is 11.8 Å². The van der Waals surface area contributed by atoms with E-state index >= 15 is 0 Å². The van der Waals surface area contributed by atoms with E-state index in [0.717, 1.165) is 21.6 Å². The maximum absolute atomic E-state index is 14.0. The molecule has 2 aliphatic rings. The molecule has 0 radical (unpaired) electrons. The Balaban J connectivity index is 1.75.